The molecule has 0 aromatic heterocycles. The van der Waals surface area contributed by atoms with Gasteiger partial charge < -0.3 is 0 Å². The topological polar surface area (TPSA) is 0 Å². The van der Waals surface area contributed by atoms with E-state index < -0.39 is 0 Å². The van der Waals surface area contributed by atoms with Crippen LogP contribution in [-0.4, -0.2) is 6.16 Å². The average molecular weight is 341 g/mol. The molecule has 4 rings (SSSR count). The molecule has 0 atom stereocenters. The normalized spacial score (nSPS) is 18.1. The molecule has 2 aliphatic carbocycles. The lowest BCUT2D eigenvalue weighted by molar-refractivity contribution is 0.833. The van der Waals surface area contributed by atoms with Gasteiger partial charge in [0.1, 0.15) is 0 Å². The zero-order valence-corrected chi connectivity index (χ0v) is 15.2. The maximum Gasteiger partial charge on any atom is 0.0158 e. The van der Waals surface area contributed by atoms with Crippen molar-refractivity contribution in [3.63, 3.8) is 0 Å². The van der Waals surface area contributed by atoms with Gasteiger partial charge in [-0.1, -0.05) is 85.0 Å². The molecule has 2 aromatic carbocycles. The van der Waals surface area contributed by atoms with Crippen molar-refractivity contribution in [3.05, 3.63) is 116 Å². The SMILES string of the molecule is [CH]1[CH][C](CCCP(c2ccccc2)c2ccccc2)[C]2C=CC=C[C]12. The van der Waals surface area contributed by atoms with Gasteiger partial charge in [-0.3, -0.25) is 0 Å². The third kappa shape index (κ3) is 3.96. The van der Waals surface area contributed by atoms with Gasteiger partial charge >= 0.3 is 0 Å². The van der Waals surface area contributed by atoms with E-state index in [9.17, 15) is 0 Å². The molecule has 0 aliphatic heterocycles. The summed E-state index contributed by atoms with van der Waals surface area (Å²) in [5.74, 6) is 4.28. The Hall–Kier alpha value is -1.65. The maximum atomic E-state index is 2.30. The van der Waals surface area contributed by atoms with Crippen LogP contribution in [0.15, 0.2) is 85.0 Å². The van der Waals surface area contributed by atoms with Crippen LogP contribution in [0.2, 0.25) is 0 Å². The van der Waals surface area contributed by atoms with Crippen molar-refractivity contribution in [3.8, 4) is 0 Å². The quantitative estimate of drug-likeness (QED) is 0.636. The lowest BCUT2D eigenvalue weighted by atomic mass is 9.84. The van der Waals surface area contributed by atoms with E-state index >= 15 is 0 Å². The van der Waals surface area contributed by atoms with Gasteiger partial charge in [0.05, 0.1) is 0 Å². The van der Waals surface area contributed by atoms with E-state index in [0.29, 0.717) is 0 Å². The Morgan fingerprint density at radius 2 is 1.32 bits per heavy atom. The number of hydrogen-bond acceptors (Lipinski definition) is 0. The van der Waals surface area contributed by atoms with Crippen molar-refractivity contribution in [1.82, 2.24) is 0 Å². The third-order valence-corrected chi connectivity index (χ3v) is 7.34. The van der Waals surface area contributed by atoms with Crippen molar-refractivity contribution in [2.24, 2.45) is 0 Å². The lowest BCUT2D eigenvalue weighted by Gasteiger charge is -2.22. The van der Waals surface area contributed by atoms with Crippen LogP contribution in [0.5, 0.6) is 0 Å². The number of hydrogen-bond donors (Lipinski definition) is 0. The summed E-state index contributed by atoms with van der Waals surface area (Å²) < 4.78 is 0. The molecule has 0 spiro atoms. The molecule has 2 aromatic rings. The molecule has 0 amide bonds. The maximum absolute atomic E-state index is 2.30. The Labute approximate surface area is 153 Å². The van der Waals surface area contributed by atoms with Crippen molar-refractivity contribution < 1.29 is 0 Å². The summed E-state index contributed by atoms with van der Waals surface area (Å²) in [5.41, 5.74) is 0. The van der Waals surface area contributed by atoms with Gasteiger partial charge in [-0.15, -0.1) is 0 Å². The number of benzene rings is 2. The molecule has 5 radical (unpaired) electrons. The van der Waals surface area contributed by atoms with Crippen molar-refractivity contribution >= 4 is 18.5 Å². The van der Waals surface area contributed by atoms with Gasteiger partial charge in [-0.25, -0.2) is 0 Å². The molecule has 1 saturated carbocycles. The number of rotatable bonds is 6. The first kappa shape index (κ1) is 16.8. The van der Waals surface area contributed by atoms with E-state index in [0.717, 1.165) is 6.42 Å². The minimum Gasteiger partial charge on any atom is -0.0762 e. The van der Waals surface area contributed by atoms with Gasteiger partial charge in [0.25, 0.3) is 0 Å². The van der Waals surface area contributed by atoms with E-state index in [2.05, 4.69) is 97.8 Å². The van der Waals surface area contributed by atoms with E-state index in [1.54, 1.807) is 0 Å². The fourth-order valence-corrected chi connectivity index (χ4v) is 5.84. The molecule has 0 nitrogen and oxygen atoms in total. The predicted octanol–water partition coefficient (Wildman–Crippen LogP) is 5.17. The predicted molar refractivity (Wildman–Crippen MR) is 110 cm³/mol. The molecule has 1 fully saturated rings. The molecule has 0 bridgehead atoms. The summed E-state index contributed by atoms with van der Waals surface area (Å²) in [7, 11) is -0.276. The molecule has 0 heterocycles. The minimum absolute atomic E-state index is 0.276. The Kier molecular flexibility index (Phi) is 5.48. The van der Waals surface area contributed by atoms with E-state index in [-0.39, 0.29) is 7.92 Å². The number of fused-ring (bicyclic) bond motifs is 1. The molecule has 1 heteroatoms. The summed E-state index contributed by atoms with van der Waals surface area (Å²) in [4.78, 5) is 0. The van der Waals surface area contributed by atoms with Crippen LogP contribution in [0, 0.1) is 30.6 Å². The van der Waals surface area contributed by atoms with Gasteiger partial charge in [-0.05, 0) is 56.3 Å². The smallest absolute Gasteiger partial charge is 0.0158 e. The third-order valence-electron chi connectivity index (χ3n) is 4.73. The molecule has 0 N–H and O–H groups in total. The first-order valence-electron chi connectivity index (χ1n) is 8.93. The molecule has 2 aliphatic rings. The summed E-state index contributed by atoms with van der Waals surface area (Å²) in [6.45, 7) is 0. The highest BCUT2D eigenvalue weighted by Gasteiger charge is 2.35. The summed E-state index contributed by atoms with van der Waals surface area (Å²) in [5, 5.41) is 2.96. The van der Waals surface area contributed by atoms with Gasteiger partial charge in [0.15, 0.2) is 0 Å². The van der Waals surface area contributed by atoms with Gasteiger partial charge in [-0.2, -0.15) is 0 Å². The van der Waals surface area contributed by atoms with Crippen LogP contribution in [0.4, 0.5) is 0 Å². The first-order chi connectivity index (χ1) is 12.4. The summed E-state index contributed by atoms with van der Waals surface area (Å²) in [6, 6.07) is 22.0. The van der Waals surface area contributed by atoms with Crippen LogP contribution < -0.4 is 10.6 Å². The second-order valence-electron chi connectivity index (χ2n) is 6.37. The molecule has 0 unspecified atom stereocenters. The molecule has 123 valence electrons. The van der Waals surface area contributed by atoms with E-state index in [4.69, 9.17) is 0 Å². The zero-order chi connectivity index (χ0) is 16.9. The molecular formula is C24H22P. The highest BCUT2D eigenvalue weighted by Crippen LogP contribution is 2.46. The standard InChI is InChI=1S/C24H22P/c1-3-12-22(13-4-1)25(23-14-5-2-6-15-23)19-9-11-21-18-17-20-10-7-8-16-24(20)21/h1-8,10,12-18H,9,11,19H2. The monoisotopic (exact) mass is 341 g/mol. The molecule has 0 saturated heterocycles. The van der Waals surface area contributed by atoms with Gasteiger partial charge in [0.2, 0.25) is 0 Å². The van der Waals surface area contributed by atoms with E-state index in [1.807, 2.05) is 0 Å². The van der Waals surface area contributed by atoms with Crippen molar-refractivity contribution in [2.75, 3.05) is 6.16 Å². The largest absolute Gasteiger partial charge is 0.0762 e. The zero-order valence-electron chi connectivity index (χ0n) is 14.3. The fraction of sp³-hybridized carbons (Fsp3) is 0.125. The van der Waals surface area contributed by atoms with Gasteiger partial charge in [0, 0.05) is 11.8 Å². The molecular weight excluding hydrogens is 319 g/mol. The summed E-state index contributed by atoms with van der Waals surface area (Å²) >= 11 is 0. The highest BCUT2D eigenvalue weighted by molar-refractivity contribution is 7.73. The Morgan fingerprint density at radius 3 is 2.00 bits per heavy atom. The second kappa shape index (κ2) is 8.15. The molecule has 25 heavy (non-hydrogen) atoms. The lowest BCUT2D eigenvalue weighted by Crippen LogP contribution is -2.15. The Morgan fingerprint density at radius 1 is 0.680 bits per heavy atom. The average Bonchev–Trinajstić information content (AvgIpc) is 3.10. The van der Waals surface area contributed by atoms with Crippen LogP contribution in [0.1, 0.15) is 12.8 Å². The number of allylic oxidation sites excluding steroid dienone is 4. The second-order valence-corrected chi connectivity index (χ2v) is 8.71. The first-order valence-corrected chi connectivity index (χ1v) is 10.5. The highest BCUT2D eigenvalue weighted by atomic mass is 31.1. The van der Waals surface area contributed by atoms with Crippen LogP contribution >= 0.6 is 7.92 Å². The van der Waals surface area contributed by atoms with Crippen LogP contribution in [0.25, 0.3) is 0 Å². The van der Waals surface area contributed by atoms with Crippen molar-refractivity contribution in [2.45, 2.75) is 12.8 Å². The fourth-order valence-electron chi connectivity index (χ4n) is 3.48. The van der Waals surface area contributed by atoms with Crippen LogP contribution in [-0.2, 0) is 0 Å². The van der Waals surface area contributed by atoms with Crippen molar-refractivity contribution in [1.29, 1.82) is 0 Å². The Balaban J connectivity index is 1.42. The Bertz CT molecular complexity index is 677. The van der Waals surface area contributed by atoms with E-state index in [1.165, 1.54) is 40.9 Å². The summed E-state index contributed by atoms with van der Waals surface area (Å²) in [6.07, 6.45) is 16.9. The van der Waals surface area contributed by atoms with Crippen LogP contribution in [0.3, 0.4) is 0 Å². The minimum atomic E-state index is -0.276.